The van der Waals surface area contributed by atoms with Crippen LogP contribution in [0.1, 0.15) is 5.56 Å². The first kappa shape index (κ1) is 24.0. The van der Waals surface area contributed by atoms with Crippen molar-refractivity contribution in [2.24, 2.45) is 0 Å². The molecule has 1 aliphatic rings. The Labute approximate surface area is 197 Å². The largest absolute Gasteiger partial charge is 0.481 e. The highest BCUT2D eigenvalue weighted by molar-refractivity contribution is 6.03. The number of hydrogen-bond donors (Lipinski definition) is 3. The summed E-state index contributed by atoms with van der Waals surface area (Å²) >= 11 is 0. The summed E-state index contributed by atoms with van der Waals surface area (Å²) in [4.78, 5) is 26.9. The SMILES string of the molecule is COc1cc(NC(=O)N2C[C@H](O)CNc3ccc(-c4cccc(C(F)(F)F)c4)nc32)nc(OC)n1. The predicted octanol–water partition coefficient (Wildman–Crippen LogP) is 3.40. The molecule has 3 N–H and O–H groups in total. The first-order chi connectivity index (χ1) is 16.7. The number of aliphatic hydroxyl groups excluding tert-OH is 1. The lowest BCUT2D eigenvalue weighted by Gasteiger charge is -2.23. The molecule has 184 valence electrons. The van der Waals surface area contributed by atoms with Gasteiger partial charge in [0.25, 0.3) is 0 Å². The number of urea groups is 1. The van der Waals surface area contributed by atoms with Crippen molar-refractivity contribution in [1.82, 2.24) is 15.0 Å². The number of alkyl halides is 3. The van der Waals surface area contributed by atoms with E-state index in [0.29, 0.717) is 5.69 Å². The van der Waals surface area contributed by atoms with Crippen molar-refractivity contribution in [3.63, 3.8) is 0 Å². The van der Waals surface area contributed by atoms with E-state index in [1.54, 1.807) is 6.07 Å². The van der Waals surface area contributed by atoms with Gasteiger partial charge in [0.05, 0.1) is 43.8 Å². The van der Waals surface area contributed by atoms with E-state index in [1.807, 2.05) is 0 Å². The van der Waals surface area contributed by atoms with Crippen LogP contribution in [0, 0.1) is 0 Å². The third-order valence-corrected chi connectivity index (χ3v) is 5.09. The first-order valence-electron chi connectivity index (χ1n) is 10.3. The number of anilines is 3. The van der Waals surface area contributed by atoms with Gasteiger partial charge in [-0.1, -0.05) is 12.1 Å². The number of aliphatic hydroxyl groups is 1. The van der Waals surface area contributed by atoms with Crippen LogP contribution in [-0.4, -0.2) is 59.5 Å². The van der Waals surface area contributed by atoms with Crippen LogP contribution in [0.5, 0.6) is 11.9 Å². The lowest BCUT2D eigenvalue weighted by atomic mass is 10.1. The van der Waals surface area contributed by atoms with Gasteiger partial charge in [-0.15, -0.1) is 0 Å². The molecule has 0 aliphatic carbocycles. The molecule has 1 aromatic carbocycles. The molecule has 1 aliphatic heterocycles. The number of fused-ring (bicyclic) bond motifs is 1. The number of methoxy groups -OCH3 is 2. The average Bonchev–Trinajstić information content (AvgIpc) is 3.01. The lowest BCUT2D eigenvalue weighted by Crippen LogP contribution is -2.41. The minimum absolute atomic E-state index is 0.0393. The third-order valence-electron chi connectivity index (χ3n) is 5.09. The van der Waals surface area contributed by atoms with E-state index >= 15 is 0 Å². The molecule has 35 heavy (non-hydrogen) atoms. The normalized spacial score (nSPS) is 15.5. The second kappa shape index (κ2) is 9.62. The lowest BCUT2D eigenvalue weighted by molar-refractivity contribution is -0.137. The van der Waals surface area contributed by atoms with Crippen LogP contribution in [0.4, 0.5) is 35.3 Å². The standard InChI is InChI=1S/C22H21F3N6O4/c1-34-18-9-17(28-20(30-18)35-2)29-21(33)31-11-14(32)10-26-16-7-6-15(27-19(16)31)12-4-3-5-13(8-12)22(23,24)25/h3-9,14,26,32H,10-11H2,1-2H3,(H,28,29,30,33)/t14-/m1/s1. The maximum absolute atomic E-state index is 13.2. The molecule has 4 rings (SSSR count). The highest BCUT2D eigenvalue weighted by atomic mass is 19.4. The summed E-state index contributed by atoms with van der Waals surface area (Å²) in [6, 6.07) is 8.50. The zero-order valence-corrected chi connectivity index (χ0v) is 18.6. The summed E-state index contributed by atoms with van der Waals surface area (Å²) in [6.07, 6.45) is -5.46. The van der Waals surface area contributed by atoms with Crippen molar-refractivity contribution < 1.29 is 32.5 Å². The number of carbonyl (C=O) groups excluding carboxylic acids is 1. The van der Waals surface area contributed by atoms with Crippen molar-refractivity contribution in [2.45, 2.75) is 12.3 Å². The van der Waals surface area contributed by atoms with Crippen molar-refractivity contribution in [3.8, 4) is 23.1 Å². The molecule has 0 radical (unpaired) electrons. The van der Waals surface area contributed by atoms with Crippen LogP contribution >= 0.6 is 0 Å². The van der Waals surface area contributed by atoms with Gasteiger partial charge in [0.15, 0.2) is 5.82 Å². The number of nitrogens with one attached hydrogen (secondary N) is 2. The van der Waals surface area contributed by atoms with Gasteiger partial charge in [0.2, 0.25) is 5.88 Å². The summed E-state index contributed by atoms with van der Waals surface area (Å²) < 4.78 is 49.7. The summed E-state index contributed by atoms with van der Waals surface area (Å²) in [6.45, 7) is 0.000743. The van der Waals surface area contributed by atoms with Gasteiger partial charge < -0.3 is 19.9 Å². The average molecular weight is 490 g/mol. The maximum Gasteiger partial charge on any atom is 0.416 e. The quantitative estimate of drug-likeness (QED) is 0.509. The number of nitrogens with zero attached hydrogens (tertiary/aromatic N) is 4. The summed E-state index contributed by atoms with van der Waals surface area (Å²) in [7, 11) is 2.74. The van der Waals surface area contributed by atoms with Crippen LogP contribution in [0.25, 0.3) is 11.3 Å². The Morgan fingerprint density at radius 1 is 1.14 bits per heavy atom. The molecule has 3 aromatic rings. The third kappa shape index (κ3) is 5.35. The van der Waals surface area contributed by atoms with Crippen molar-refractivity contribution in [3.05, 3.63) is 48.0 Å². The van der Waals surface area contributed by atoms with Crippen molar-refractivity contribution >= 4 is 23.4 Å². The van der Waals surface area contributed by atoms with Crippen molar-refractivity contribution in [2.75, 3.05) is 42.8 Å². The van der Waals surface area contributed by atoms with Crippen LogP contribution in [0.3, 0.4) is 0 Å². The predicted molar refractivity (Wildman–Crippen MR) is 121 cm³/mol. The Kier molecular flexibility index (Phi) is 6.60. The van der Waals surface area contributed by atoms with Crippen LogP contribution < -0.4 is 25.0 Å². The highest BCUT2D eigenvalue weighted by Crippen LogP contribution is 2.34. The molecule has 0 spiro atoms. The van der Waals surface area contributed by atoms with Crippen LogP contribution in [0.2, 0.25) is 0 Å². The number of amides is 2. The van der Waals surface area contributed by atoms with Gasteiger partial charge in [-0.3, -0.25) is 10.2 Å². The Balaban J connectivity index is 1.70. The molecule has 2 aromatic heterocycles. The second-order valence-corrected chi connectivity index (χ2v) is 7.50. The molecule has 13 heteroatoms. The van der Waals surface area contributed by atoms with Gasteiger partial charge in [-0.2, -0.15) is 23.1 Å². The number of pyridine rings is 1. The Morgan fingerprint density at radius 3 is 2.66 bits per heavy atom. The van der Waals surface area contributed by atoms with E-state index in [2.05, 4.69) is 25.6 Å². The Hall–Kier alpha value is -4.13. The molecule has 0 saturated carbocycles. The summed E-state index contributed by atoms with van der Waals surface area (Å²) in [5.74, 6) is 0.345. The molecule has 0 bridgehead atoms. The smallest absolute Gasteiger partial charge is 0.416 e. The van der Waals surface area contributed by atoms with Gasteiger partial charge in [-0.05, 0) is 24.3 Å². The number of aromatic nitrogens is 3. The number of halogens is 3. The molecule has 0 saturated heterocycles. The van der Waals surface area contributed by atoms with Crippen LogP contribution in [0.15, 0.2) is 42.5 Å². The topological polar surface area (TPSA) is 122 Å². The number of benzene rings is 1. The fourth-order valence-corrected chi connectivity index (χ4v) is 3.42. The fourth-order valence-electron chi connectivity index (χ4n) is 3.42. The maximum atomic E-state index is 13.2. The van der Waals surface area contributed by atoms with E-state index in [1.165, 1.54) is 43.4 Å². The first-order valence-corrected chi connectivity index (χ1v) is 10.3. The van der Waals surface area contributed by atoms with Gasteiger partial charge in [-0.25, -0.2) is 9.78 Å². The monoisotopic (exact) mass is 490 g/mol. The minimum Gasteiger partial charge on any atom is -0.481 e. The van der Waals surface area contributed by atoms with E-state index in [4.69, 9.17) is 9.47 Å². The highest BCUT2D eigenvalue weighted by Gasteiger charge is 2.31. The zero-order valence-electron chi connectivity index (χ0n) is 18.6. The molecule has 0 fully saturated rings. The molecular weight excluding hydrogens is 469 g/mol. The summed E-state index contributed by atoms with van der Waals surface area (Å²) in [5, 5.41) is 15.9. The molecular formula is C22H21F3N6O4. The van der Waals surface area contributed by atoms with Gasteiger partial charge >= 0.3 is 18.2 Å². The minimum atomic E-state index is -4.51. The number of carbonyl (C=O) groups is 1. The van der Waals surface area contributed by atoms with Gasteiger partial charge in [0.1, 0.15) is 5.82 Å². The van der Waals surface area contributed by atoms with E-state index in [9.17, 15) is 23.1 Å². The Bertz CT molecular complexity index is 1220. The molecule has 2 amide bonds. The number of rotatable bonds is 4. The second-order valence-electron chi connectivity index (χ2n) is 7.50. The van der Waals surface area contributed by atoms with E-state index in [0.717, 1.165) is 12.1 Å². The van der Waals surface area contributed by atoms with Crippen molar-refractivity contribution in [1.29, 1.82) is 0 Å². The molecule has 3 heterocycles. The Morgan fingerprint density at radius 2 is 1.94 bits per heavy atom. The van der Waals surface area contributed by atoms with Gasteiger partial charge in [0, 0.05) is 18.2 Å². The molecule has 1 atom stereocenters. The van der Waals surface area contributed by atoms with E-state index < -0.39 is 23.9 Å². The zero-order chi connectivity index (χ0) is 25.2. The summed E-state index contributed by atoms with van der Waals surface area (Å²) in [5.41, 5.74) is 0.0427. The molecule has 0 unspecified atom stereocenters. The van der Waals surface area contributed by atoms with Crippen LogP contribution in [-0.2, 0) is 6.18 Å². The number of β-amino-alcohol motifs (C(OH)–C–C–N with tert-alkyl or cyclic N) is 1. The fraction of sp³-hybridized carbons (Fsp3) is 0.273. The molecule has 10 nitrogen and oxygen atoms in total. The van der Waals surface area contributed by atoms with E-state index in [-0.39, 0.29) is 47.9 Å². The number of hydrogen-bond acceptors (Lipinski definition) is 8. The number of ether oxygens (including phenoxy) is 2.